The number of allylic oxidation sites excluding steroid dienone is 1. The predicted molar refractivity (Wildman–Crippen MR) is 61.8 cm³/mol. The molecule has 96 valence electrons. The number of carboxylic acid groups (broad SMARTS) is 1. The van der Waals surface area contributed by atoms with E-state index < -0.39 is 5.97 Å². The summed E-state index contributed by atoms with van der Waals surface area (Å²) in [7, 11) is 0. The topological polar surface area (TPSA) is 74.3 Å². The molecule has 0 amide bonds. The number of carbonyl (C=O) groups excluding carboxylic acids is 3. The van der Waals surface area contributed by atoms with Crippen LogP contribution < -0.4 is 64.2 Å². The van der Waals surface area contributed by atoms with Gasteiger partial charge in [0, 0.05) is 0 Å². The van der Waals surface area contributed by atoms with E-state index in [0.29, 0.717) is 6.42 Å². The zero-order valence-corrected chi connectivity index (χ0v) is 16.3. The van der Waals surface area contributed by atoms with E-state index in [1.165, 1.54) is 0 Å². The monoisotopic (exact) mass is 292 g/mol. The zero-order valence-electron chi connectivity index (χ0n) is 12.3. The number of rotatable bonds is 4. The third-order valence-electron chi connectivity index (χ3n) is 1.93. The van der Waals surface area contributed by atoms with Crippen molar-refractivity contribution in [2.75, 3.05) is 0 Å². The summed E-state index contributed by atoms with van der Waals surface area (Å²) in [5, 5.41) is 10.8. The second-order valence-electron chi connectivity index (χ2n) is 3.81. The van der Waals surface area contributed by atoms with Gasteiger partial charge in [-0.05, 0) is 12.0 Å². The van der Waals surface area contributed by atoms with Gasteiger partial charge in [-0.25, -0.2) is 0 Å². The molecule has 0 heterocycles. The van der Waals surface area contributed by atoms with Gasteiger partial charge in [-0.15, -0.1) is 11.9 Å². The van der Waals surface area contributed by atoms with Gasteiger partial charge < -0.3 is 9.90 Å². The van der Waals surface area contributed by atoms with E-state index in [9.17, 15) is 9.90 Å². The molecule has 0 saturated carbocycles. The van der Waals surface area contributed by atoms with Crippen LogP contribution in [0.1, 0.15) is 19.4 Å². The first-order valence-electron chi connectivity index (χ1n) is 5.38. The van der Waals surface area contributed by atoms with Crippen LogP contribution in [-0.4, -0.2) is 12.1 Å². The average molecular weight is 292 g/mol. The maximum absolute atomic E-state index is 10.8. The van der Waals surface area contributed by atoms with Gasteiger partial charge in [0.15, 0.2) is 0 Å². The van der Waals surface area contributed by atoms with Crippen molar-refractivity contribution >= 4 is 12.1 Å². The zero-order chi connectivity index (χ0) is 14.0. The summed E-state index contributed by atoms with van der Waals surface area (Å²) in [6.07, 6.45) is 3.51. The minimum Gasteiger partial charge on any atom is -0.658 e. The van der Waals surface area contributed by atoms with Gasteiger partial charge in [-0.1, -0.05) is 44.2 Å². The van der Waals surface area contributed by atoms with E-state index in [4.69, 9.17) is 9.59 Å². The van der Waals surface area contributed by atoms with Crippen LogP contribution in [0.2, 0.25) is 0 Å². The molecule has 0 atom stereocenters. The Kier molecular flexibility index (Phi) is 18.9. The molecule has 0 N–H and O–H groups in total. The molecule has 1 aromatic rings. The van der Waals surface area contributed by atoms with Crippen molar-refractivity contribution in [1.29, 1.82) is 0 Å². The predicted octanol–water partition coefficient (Wildman–Crippen LogP) is -5.21. The summed E-state index contributed by atoms with van der Waals surface area (Å²) in [4.78, 5) is 27.1. The molecule has 0 aromatic heterocycles. The SMILES string of the molecule is CC(C)[C-]=C(Cc1ccccc1)C(=O)[O-].O=C=O.[Na+].[Na+]. The fourth-order valence-corrected chi connectivity index (χ4v) is 1.33. The molecule has 0 aliphatic heterocycles. The molecule has 0 unspecified atom stereocenters. The molecule has 0 saturated heterocycles. The first kappa shape index (κ1) is 24.8. The van der Waals surface area contributed by atoms with Crippen LogP contribution in [0.4, 0.5) is 0 Å². The largest absolute Gasteiger partial charge is 1.00 e. The maximum Gasteiger partial charge on any atom is 1.00 e. The summed E-state index contributed by atoms with van der Waals surface area (Å²) in [6, 6.07) is 9.46. The number of carbonyl (C=O) groups is 1. The van der Waals surface area contributed by atoms with E-state index in [1.54, 1.807) is 0 Å². The summed E-state index contributed by atoms with van der Waals surface area (Å²) in [5.41, 5.74) is 1.20. The van der Waals surface area contributed by atoms with Crippen LogP contribution in [0.15, 0.2) is 35.9 Å². The minimum atomic E-state index is -1.13. The number of hydrogen-bond donors (Lipinski definition) is 0. The third-order valence-corrected chi connectivity index (χ3v) is 1.93. The Labute approximate surface area is 163 Å². The van der Waals surface area contributed by atoms with Crippen molar-refractivity contribution in [3.63, 3.8) is 0 Å². The van der Waals surface area contributed by atoms with Crippen LogP contribution in [0.3, 0.4) is 0 Å². The van der Waals surface area contributed by atoms with Gasteiger partial charge in [0.25, 0.3) is 0 Å². The quantitative estimate of drug-likeness (QED) is 0.316. The Balaban J connectivity index is -0.000000530. The van der Waals surface area contributed by atoms with Crippen molar-refractivity contribution in [2.45, 2.75) is 20.3 Å². The summed E-state index contributed by atoms with van der Waals surface area (Å²) < 4.78 is 0. The van der Waals surface area contributed by atoms with E-state index >= 15 is 0 Å². The van der Waals surface area contributed by atoms with Gasteiger partial charge in [-0.3, -0.25) is 6.08 Å². The van der Waals surface area contributed by atoms with Gasteiger partial charge in [-0.2, -0.15) is 15.2 Å². The van der Waals surface area contributed by atoms with Crippen molar-refractivity contribution in [3.8, 4) is 0 Å². The average Bonchev–Trinajstić information content (AvgIpc) is 2.30. The van der Waals surface area contributed by atoms with E-state index in [-0.39, 0.29) is 76.8 Å². The Morgan fingerprint density at radius 2 is 1.65 bits per heavy atom. The molecular formula is C14H14Na2O4. The van der Waals surface area contributed by atoms with Crippen LogP contribution >= 0.6 is 0 Å². The Hall–Kier alpha value is -0.190. The van der Waals surface area contributed by atoms with Crippen molar-refractivity contribution < 1.29 is 78.6 Å². The van der Waals surface area contributed by atoms with Crippen molar-refractivity contribution in [1.82, 2.24) is 0 Å². The second-order valence-corrected chi connectivity index (χ2v) is 3.81. The van der Waals surface area contributed by atoms with E-state index in [1.807, 2.05) is 44.2 Å². The standard InChI is InChI=1S/C13H15O2.CO2.2Na/c1-10(2)8-12(13(14)15)9-11-6-4-3-5-7-11;2-1-3;;/h3-7,10H,9H2,1-2H3,(H,14,15);;;/q-1;;2*+1/p-1. The molecule has 1 aromatic carbocycles. The van der Waals surface area contributed by atoms with Crippen LogP contribution in [0, 0.1) is 12.0 Å². The second kappa shape index (κ2) is 15.2. The molecule has 20 heavy (non-hydrogen) atoms. The van der Waals surface area contributed by atoms with Crippen LogP contribution in [0.5, 0.6) is 0 Å². The van der Waals surface area contributed by atoms with Crippen molar-refractivity contribution in [3.05, 3.63) is 47.5 Å². The summed E-state index contributed by atoms with van der Waals surface area (Å²) >= 11 is 0. The Bertz CT molecular complexity index is 436. The van der Waals surface area contributed by atoms with Gasteiger partial charge in [0.2, 0.25) is 0 Å². The molecule has 6 heteroatoms. The molecule has 0 fully saturated rings. The number of carboxylic acids is 1. The number of benzene rings is 1. The minimum absolute atomic E-state index is 0. The van der Waals surface area contributed by atoms with Crippen LogP contribution in [-0.2, 0) is 20.8 Å². The third kappa shape index (κ3) is 12.8. The van der Waals surface area contributed by atoms with Crippen molar-refractivity contribution in [2.24, 2.45) is 5.92 Å². The first-order chi connectivity index (χ1) is 8.51. The van der Waals surface area contributed by atoms with Gasteiger partial charge in [0.1, 0.15) is 0 Å². The molecule has 1 rings (SSSR count). The maximum atomic E-state index is 10.8. The Morgan fingerprint density at radius 3 is 2.00 bits per heavy atom. The molecular weight excluding hydrogens is 278 g/mol. The van der Waals surface area contributed by atoms with E-state index in [2.05, 4.69) is 6.08 Å². The van der Waals surface area contributed by atoms with Crippen LogP contribution in [0.25, 0.3) is 0 Å². The molecule has 4 nitrogen and oxygen atoms in total. The molecule has 0 bridgehead atoms. The fourth-order valence-electron chi connectivity index (χ4n) is 1.33. The molecule has 0 radical (unpaired) electrons. The van der Waals surface area contributed by atoms with Gasteiger partial charge in [0.05, 0.1) is 0 Å². The normalized spacial score (nSPS) is 9.25. The smallest absolute Gasteiger partial charge is 0.658 e. The Morgan fingerprint density at radius 1 is 1.20 bits per heavy atom. The molecule has 0 aliphatic rings. The fraction of sp³-hybridized carbons (Fsp3) is 0.286. The first-order valence-corrected chi connectivity index (χ1v) is 5.38. The summed E-state index contributed by atoms with van der Waals surface area (Å²) in [6.45, 7) is 3.79. The number of hydrogen-bond acceptors (Lipinski definition) is 4. The number of aliphatic carboxylic acids is 1. The summed E-state index contributed by atoms with van der Waals surface area (Å²) in [5.74, 6) is -1.03. The molecule has 0 spiro atoms. The van der Waals surface area contributed by atoms with E-state index in [0.717, 1.165) is 5.56 Å². The van der Waals surface area contributed by atoms with Gasteiger partial charge >= 0.3 is 65.3 Å². The molecule has 0 aliphatic carbocycles.